The predicted octanol–water partition coefficient (Wildman–Crippen LogP) is 2.56. The van der Waals surface area contributed by atoms with Crippen molar-refractivity contribution in [2.45, 2.75) is 64.1 Å². The molecule has 116 valence electrons. The van der Waals surface area contributed by atoms with Crippen LogP contribution in [0.2, 0.25) is 0 Å². The lowest BCUT2D eigenvalue weighted by molar-refractivity contribution is 0.159. The van der Waals surface area contributed by atoms with Gasteiger partial charge in [-0.05, 0) is 45.2 Å². The van der Waals surface area contributed by atoms with Crippen LogP contribution in [0, 0.1) is 5.92 Å². The number of hydrogen-bond donors (Lipinski definition) is 1. The van der Waals surface area contributed by atoms with E-state index >= 15 is 0 Å². The number of rotatable bonds is 5. The van der Waals surface area contributed by atoms with Crippen LogP contribution in [0.25, 0.3) is 0 Å². The van der Waals surface area contributed by atoms with Crippen LogP contribution in [-0.2, 0) is 6.54 Å². The Kier molecular flexibility index (Phi) is 4.55. The van der Waals surface area contributed by atoms with Gasteiger partial charge in [-0.3, -0.25) is 0 Å². The lowest BCUT2D eigenvalue weighted by atomic mass is 9.90. The second-order valence-electron chi connectivity index (χ2n) is 7.19. The molecule has 2 atom stereocenters. The van der Waals surface area contributed by atoms with Gasteiger partial charge in [0.05, 0.1) is 0 Å². The highest BCUT2D eigenvalue weighted by Crippen LogP contribution is 2.40. The normalized spacial score (nSPS) is 29.2. The van der Waals surface area contributed by atoms with Crippen LogP contribution < -0.4 is 5.32 Å². The fourth-order valence-corrected chi connectivity index (χ4v) is 3.79. The van der Waals surface area contributed by atoms with Gasteiger partial charge >= 0.3 is 0 Å². The van der Waals surface area contributed by atoms with Crippen LogP contribution in [0.5, 0.6) is 0 Å². The molecule has 0 aliphatic carbocycles. The Morgan fingerprint density at radius 1 is 1.19 bits per heavy atom. The molecule has 2 aliphatic rings. The monoisotopic (exact) mass is 288 g/mol. The Hall–Kier alpha value is -1.00. The summed E-state index contributed by atoms with van der Waals surface area (Å²) in [6.07, 6.45) is 9.20. The van der Waals surface area contributed by atoms with Gasteiger partial charge in [0.15, 0.2) is 0 Å². The third-order valence-electron chi connectivity index (χ3n) is 5.07. The molecule has 2 saturated heterocycles. The van der Waals surface area contributed by atoms with Crippen molar-refractivity contribution < 1.29 is 0 Å². The fourth-order valence-electron chi connectivity index (χ4n) is 3.79. The molecule has 4 heteroatoms. The highest BCUT2D eigenvalue weighted by atomic mass is 15.2. The quantitative estimate of drug-likeness (QED) is 0.904. The minimum atomic E-state index is 0.566. The molecule has 2 fully saturated rings. The maximum atomic E-state index is 4.65. The lowest BCUT2D eigenvalue weighted by Gasteiger charge is -2.35. The van der Waals surface area contributed by atoms with Gasteiger partial charge in [-0.15, -0.1) is 0 Å². The number of piperidine rings is 1. The van der Waals surface area contributed by atoms with Crippen molar-refractivity contribution in [1.82, 2.24) is 20.2 Å². The van der Waals surface area contributed by atoms with E-state index in [1.54, 1.807) is 0 Å². The Bertz CT molecular complexity index is 442. The van der Waals surface area contributed by atoms with E-state index in [4.69, 9.17) is 0 Å². The van der Waals surface area contributed by atoms with Gasteiger partial charge in [-0.1, -0.05) is 13.8 Å². The SMILES string of the molecule is CC(C)CNCc1cnc(C2CC3CCC(C2)N3C)nc1. The van der Waals surface area contributed by atoms with Gasteiger partial charge in [0, 0.05) is 42.5 Å². The molecule has 0 radical (unpaired) electrons. The first kappa shape index (κ1) is 14.9. The number of fused-ring (bicyclic) bond motifs is 2. The highest BCUT2D eigenvalue weighted by molar-refractivity contribution is 5.10. The summed E-state index contributed by atoms with van der Waals surface area (Å²) in [6.45, 7) is 6.36. The maximum Gasteiger partial charge on any atom is 0.131 e. The van der Waals surface area contributed by atoms with E-state index in [2.05, 4.69) is 41.1 Å². The molecule has 1 aromatic rings. The molecule has 0 saturated carbocycles. The van der Waals surface area contributed by atoms with Crippen molar-refractivity contribution in [1.29, 1.82) is 0 Å². The first-order valence-electron chi connectivity index (χ1n) is 8.37. The molecule has 0 aromatic carbocycles. The van der Waals surface area contributed by atoms with Crippen molar-refractivity contribution >= 4 is 0 Å². The number of nitrogens with zero attached hydrogens (tertiary/aromatic N) is 3. The summed E-state index contributed by atoms with van der Waals surface area (Å²) in [4.78, 5) is 11.9. The Morgan fingerprint density at radius 3 is 2.38 bits per heavy atom. The molecule has 1 N–H and O–H groups in total. The third-order valence-corrected chi connectivity index (χ3v) is 5.07. The van der Waals surface area contributed by atoms with Gasteiger partial charge < -0.3 is 10.2 Å². The van der Waals surface area contributed by atoms with Crippen LogP contribution in [0.1, 0.15) is 56.8 Å². The van der Waals surface area contributed by atoms with E-state index < -0.39 is 0 Å². The molecular weight excluding hydrogens is 260 g/mol. The predicted molar refractivity (Wildman–Crippen MR) is 85.1 cm³/mol. The van der Waals surface area contributed by atoms with Crippen LogP contribution in [0.4, 0.5) is 0 Å². The molecule has 0 spiro atoms. The smallest absolute Gasteiger partial charge is 0.131 e. The average molecular weight is 288 g/mol. The minimum absolute atomic E-state index is 0.566. The second-order valence-corrected chi connectivity index (χ2v) is 7.19. The summed E-state index contributed by atoms with van der Waals surface area (Å²) >= 11 is 0. The first-order chi connectivity index (χ1) is 10.1. The lowest BCUT2D eigenvalue weighted by Crippen LogP contribution is -2.39. The standard InChI is InChI=1S/C17H28N4/c1-12(2)8-18-9-13-10-19-17(20-11-13)14-6-15-4-5-16(7-14)21(15)3/h10-12,14-16,18H,4-9H2,1-3H3. The first-order valence-corrected chi connectivity index (χ1v) is 8.37. The zero-order chi connectivity index (χ0) is 14.8. The molecule has 21 heavy (non-hydrogen) atoms. The topological polar surface area (TPSA) is 41.1 Å². The molecule has 4 nitrogen and oxygen atoms in total. The maximum absolute atomic E-state index is 4.65. The van der Waals surface area contributed by atoms with Crippen LogP contribution >= 0.6 is 0 Å². The van der Waals surface area contributed by atoms with E-state index in [1.165, 1.54) is 31.2 Å². The van der Waals surface area contributed by atoms with Crippen molar-refractivity contribution in [2.75, 3.05) is 13.6 Å². The molecule has 2 bridgehead atoms. The highest BCUT2D eigenvalue weighted by Gasteiger charge is 2.39. The summed E-state index contributed by atoms with van der Waals surface area (Å²) in [5.41, 5.74) is 1.19. The third kappa shape index (κ3) is 3.43. The number of aromatic nitrogens is 2. The molecule has 3 heterocycles. The van der Waals surface area contributed by atoms with Gasteiger partial charge in [0.2, 0.25) is 0 Å². The Morgan fingerprint density at radius 2 is 1.81 bits per heavy atom. The summed E-state index contributed by atoms with van der Waals surface area (Å²) in [6, 6.07) is 1.51. The zero-order valence-corrected chi connectivity index (χ0v) is 13.5. The Labute approximate surface area is 128 Å². The summed E-state index contributed by atoms with van der Waals surface area (Å²) in [5, 5.41) is 3.44. The Balaban J connectivity index is 1.57. The molecule has 2 unspecified atom stereocenters. The van der Waals surface area contributed by atoms with Crippen molar-refractivity contribution in [3.05, 3.63) is 23.8 Å². The largest absolute Gasteiger partial charge is 0.312 e. The summed E-state index contributed by atoms with van der Waals surface area (Å²) in [5.74, 6) is 2.31. The molecule has 2 aliphatic heterocycles. The van der Waals surface area contributed by atoms with Crippen molar-refractivity contribution in [3.63, 3.8) is 0 Å². The molecule has 3 rings (SSSR count). The number of nitrogens with one attached hydrogen (secondary N) is 1. The summed E-state index contributed by atoms with van der Waals surface area (Å²) < 4.78 is 0. The van der Waals surface area contributed by atoms with E-state index in [9.17, 15) is 0 Å². The van der Waals surface area contributed by atoms with Gasteiger partial charge in [0.25, 0.3) is 0 Å². The van der Waals surface area contributed by atoms with E-state index in [0.717, 1.165) is 31.0 Å². The zero-order valence-electron chi connectivity index (χ0n) is 13.5. The molecular formula is C17H28N4. The molecule has 1 aromatic heterocycles. The van der Waals surface area contributed by atoms with Gasteiger partial charge in [-0.2, -0.15) is 0 Å². The minimum Gasteiger partial charge on any atom is -0.312 e. The van der Waals surface area contributed by atoms with Crippen LogP contribution in [-0.4, -0.2) is 40.5 Å². The van der Waals surface area contributed by atoms with Crippen molar-refractivity contribution in [2.24, 2.45) is 5.92 Å². The fraction of sp³-hybridized carbons (Fsp3) is 0.765. The average Bonchev–Trinajstić information content (AvgIpc) is 2.69. The van der Waals surface area contributed by atoms with Crippen LogP contribution in [0.3, 0.4) is 0 Å². The van der Waals surface area contributed by atoms with Crippen LogP contribution in [0.15, 0.2) is 12.4 Å². The second kappa shape index (κ2) is 6.41. The van der Waals surface area contributed by atoms with Gasteiger partial charge in [-0.25, -0.2) is 9.97 Å². The van der Waals surface area contributed by atoms with E-state index in [1.807, 2.05) is 12.4 Å². The van der Waals surface area contributed by atoms with E-state index in [-0.39, 0.29) is 0 Å². The summed E-state index contributed by atoms with van der Waals surface area (Å²) in [7, 11) is 2.28. The number of hydrogen-bond acceptors (Lipinski definition) is 4. The van der Waals surface area contributed by atoms with Gasteiger partial charge in [0.1, 0.15) is 5.82 Å². The molecule has 0 amide bonds. The van der Waals surface area contributed by atoms with Crippen molar-refractivity contribution in [3.8, 4) is 0 Å². The van der Waals surface area contributed by atoms with E-state index in [0.29, 0.717) is 11.8 Å².